The Morgan fingerprint density at radius 1 is 1.35 bits per heavy atom. The topological polar surface area (TPSA) is 45.0 Å². The van der Waals surface area contributed by atoms with Crippen LogP contribution in [-0.2, 0) is 4.74 Å². The van der Waals surface area contributed by atoms with Gasteiger partial charge in [0.15, 0.2) is 0 Å². The lowest BCUT2D eigenvalue weighted by Crippen LogP contribution is -2.42. The SMILES string of the molecule is N#Cc1ccc(Br)cc1NC1CCOC2(CCCC2)C1. The molecule has 1 aliphatic carbocycles. The van der Waals surface area contributed by atoms with E-state index in [9.17, 15) is 5.26 Å². The van der Waals surface area contributed by atoms with E-state index in [4.69, 9.17) is 4.74 Å². The number of nitrogens with one attached hydrogen (secondary N) is 1. The van der Waals surface area contributed by atoms with Gasteiger partial charge in [-0.15, -0.1) is 0 Å². The Balaban J connectivity index is 1.74. The summed E-state index contributed by atoms with van der Waals surface area (Å²) < 4.78 is 7.06. The van der Waals surface area contributed by atoms with Crippen molar-refractivity contribution >= 4 is 21.6 Å². The van der Waals surface area contributed by atoms with Crippen LogP contribution in [0.2, 0.25) is 0 Å². The highest BCUT2D eigenvalue weighted by atomic mass is 79.9. The minimum Gasteiger partial charge on any atom is -0.381 e. The molecule has 0 bridgehead atoms. The molecule has 1 aliphatic heterocycles. The maximum atomic E-state index is 9.21. The van der Waals surface area contributed by atoms with Crippen LogP contribution in [0.25, 0.3) is 0 Å². The zero-order valence-corrected chi connectivity index (χ0v) is 13.1. The van der Waals surface area contributed by atoms with Crippen molar-refractivity contribution < 1.29 is 4.74 Å². The van der Waals surface area contributed by atoms with Gasteiger partial charge in [-0.25, -0.2) is 0 Å². The molecule has 20 heavy (non-hydrogen) atoms. The number of benzene rings is 1. The molecular formula is C16H19BrN2O. The van der Waals surface area contributed by atoms with Crippen LogP contribution in [0.15, 0.2) is 22.7 Å². The highest BCUT2D eigenvalue weighted by Crippen LogP contribution is 2.40. The predicted octanol–water partition coefficient (Wildman–Crippen LogP) is 4.22. The third-order valence-corrected chi connectivity index (χ3v) is 4.96. The first kappa shape index (κ1) is 13.9. The van der Waals surface area contributed by atoms with Crippen LogP contribution in [0.3, 0.4) is 0 Å². The fourth-order valence-electron chi connectivity index (χ4n) is 3.47. The van der Waals surface area contributed by atoms with Gasteiger partial charge in [0.25, 0.3) is 0 Å². The molecule has 4 heteroatoms. The zero-order valence-electron chi connectivity index (χ0n) is 11.5. The van der Waals surface area contributed by atoms with E-state index in [1.807, 2.05) is 18.2 Å². The molecule has 1 aromatic carbocycles. The Morgan fingerprint density at radius 2 is 2.15 bits per heavy atom. The van der Waals surface area contributed by atoms with Crippen LogP contribution in [-0.4, -0.2) is 18.2 Å². The zero-order chi connectivity index (χ0) is 14.0. The third-order valence-electron chi connectivity index (χ3n) is 4.47. The van der Waals surface area contributed by atoms with Crippen LogP contribution in [0.1, 0.15) is 44.1 Å². The predicted molar refractivity (Wildman–Crippen MR) is 82.7 cm³/mol. The van der Waals surface area contributed by atoms with Gasteiger partial charge in [-0.3, -0.25) is 0 Å². The van der Waals surface area contributed by atoms with Crippen molar-refractivity contribution in [2.75, 3.05) is 11.9 Å². The van der Waals surface area contributed by atoms with Crippen LogP contribution in [0.5, 0.6) is 0 Å². The van der Waals surface area contributed by atoms with Crippen LogP contribution >= 0.6 is 15.9 Å². The van der Waals surface area contributed by atoms with Crippen molar-refractivity contribution in [1.29, 1.82) is 5.26 Å². The second kappa shape index (κ2) is 5.75. The number of anilines is 1. The van der Waals surface area contributed by atoms with Crippen molar-refractivity contribution in [3.63, 3.8) is 0 Å². The minimum absolute atomic E-state index is 0.106. The van der Waals surface area contributed by atoms with Gasteiger partial charge in [-0.2, -0.15) is 5.26 Å². The highest BCUT2D eigenvalue weighted by Gasteiger charge is 2.39. The molecule has 1 aromatic rings. The number of halogens is 1. The molecule has 0 radical (unpaired) electrons. The summed E-state index contributed by atoms with van der Waals surface area (Å²) in [6, 6.07) is 8.43. The molecule has 1 atom stereocenters. The van der Waals surface area contributed by atoms with Crippen LogP contribution in [0.4, 0.5) is 5.69 Å². The molecule has 1 unspecified atom stereocenters. The fraction of sp³-hybridized carbons (Fsp3) is 0.562. The molecule has 1 heterocycles. The lowest BCUT2D eigenvalue weighted by Gasteiger charge is -2.39. The minimum atomic E-state index is 0.106. The van der Waals surface area contributed by atoms with Gasteiger partial charge in [0.05, 0.1) is 16.9 Å². The lowest BCUT2D eigenvalue weighted by atomic mass is 9.88. The third kappa shape index (κ3) is 2.84. The van der Waals surface area contributed by atoms with Crippen molar-refractivity contribution in [2.24, 2.45) is 0 Å². The molecule has 1 spiro atoms. The van der Waals surface area contributed by atoms with Crippen molar-refractivity contribution in [3.8, 4) is 6.07 Å². The van der Waals surface area contributed by atoms with Crippen molar-refractivity contribution in [2.45, 2.75) is 50.2 Å². The number of rotatable bonds is 2. The van der Waals surface area contributed by atoms with Crippen LogP contribution < -0.4 is 5.32 Å². The van der Waals surface area contributed by atoms with E-state index >= 15 is 0 Å². The molecule has 1 N–H and O–H groups in total. The molecule has 106 valence electrons. The number of nitrogens with zero attached hydrogens (tertiary/aromatic N) is 1. The fourth-order valence-corrected chi connectivity index (χ4v) is 3.83. The molecular weight excluding hydrogens is 316 g/mol. The first-order valence-electron chi connectivity index (χ1n) is 7.31. The summed E-state index contributed by atoms with van der Waals surface area (Å²) >= 11 is 3.48. The van der Waals surface area contributed by atoms with Gasteiger partial charge in [0.2, 0.25) is 0 Å². The van der Waals surface area contributed by atoms with Crippen LogP contribution in [0, 0.1) is 11.3 Å². The first-order valence-corrected chi connectivity index (χ1v) is 8.10. The summed E-state index contributed by atoms with van der Waals surface area (Å²) in [4.78, 5) is 0. The summed E-state index contributed by atoms with van der Waals surface area (Å²) in [5.41, 5.74) is 1.75. The number of nitriles is 1. The number of ether oxygens (including phenoxy) is 1. The lowest BCUT2D eigenvalue weighted by molar-refractivity contribution is -0.0767. The summed E-state index contributed by atoms with van der Waals surface area (Å²) in [6.45, 7) is 0.827. The Hall–Kier alpha value is -1.05. The van der Waals surface area contributed by atoms with Crippen molar-refractivity contribution in [1.82, 2.24) is 0 Å². The van der Waals surface area contributed by atoms with Gasteiger partial charge in [-0.05, 0) is 43.9 Å². The monoisotopic (exact) mass is 334 g/mol. The van der Waals surface area contributed by atoms with E-state index in [0.717, 1.165) is 29.6 Å². The van der Waals surface area contributed by atoms with E-state index in [0.29, 0.717) is 11.6 Å². The summed E-state index contributed by atoms with van der Waals surface area (Å²) in [5.74, 6) is 0. The van der Waals surface area contributed by atoms with E-state index in [1.54, 1.807) is 0 Å². The average molecular weight is 335 g/mol. The second-order valence-corrected chi connectivity index (χ2v) is 6.79. The Kier molecular flexibility index (Phi) is 4.00. The molecule has 0 amide bonds. The maximum absolute atomic E-state index is 9.21. The smallest absolute Gasteiger partial charge is 0.101 e. The summed E-state index contributed by atoms with van der Waals surface area (Å²) in [6.07, 6.45) is 7.02. The Morgan fingerprint density at radius 3 is 2.90 bits per heavy atom. The number of hydrogen-bond donors (Lipinski definition) is 1. The molecule has 2 fully saturated rings. The van der Waals surface area contributed by atoms with Gasteiger partial charge in [-0.1, -0.05) is 28.8 Å². The average Bonchev–Trinajstić information content (AvgIpc) is 2.87. The normalized spacial score (nSPS) is 24.5. The first-order chi connectivity index (χ1) is 9.71. The van der Waals surface area contributed by atoms with E-state index in [2.05, 4.69) is 27.3 Å². The number of hydrogen-bond acceptors (Lipinski definition) is 3. The molecule has 0 aromatic heterocycles. The highest BCUT2D eigenvalue weighted by molar-refractivity contribution is 9.10. The Bertz CT molecular complexity index is 532. The summed E-state index contributed by atoms with van der Waals surface area (Å²) in [5, 5.41) is 12.8. The Labute approximate surface area is 128 Å². The quantitative estimate of drug-likeness (QED) is 0.880. The van der Waals surface area contributed by atoms with Gasteiger partial charge < -0.3 is 10.1 Å². The molecule has 1 saturated carbocycles. The second-order valence-electron chi connectivity index (χ2n) is 5.87. The molecule has 1 saturated heterocycles. The van der Waals surface area contributed by atoms with Gasteiger partial charge in [0.1, 0.15) is 6.07 Å². The van der Waals surface area contributed by atoms with Gasteiger partial charge in [0, 0.05) is 17.1 Å². The molecule has 3 nitrogen and oxygen atoms in total. The largest absolute Gasteiger partial charge is 0.381 e. The van der Waals surface area contributed by atoms with Crippen molar-refractivity contribution in [3.05, 3.63) is 28.2 Å². The van der Waals surface area contributed by atoms with E-state index in [1.165, 1.54) is 25.7 Å². The van der Waals surface area contributed by atoms with E-state index in [-0.39, 0.29) is 5.60 Å². The van der Waals surface area contributed by atoms with E-state index < -0.39 is 0 Å². The molecule has 3 rings (SSSR count). The van der Waals surface area contributed by atoms with Gasteiger partial charge >= 0.3 is 0 Å². The maximum Gasteiger partial charge on any atom is 0.101 e. The molecule has 2 aliphatic rings. The summed E-state index contributed by atoms with van der Waals surface area (Å²) in [7, 11) is 0. The standard InChI is InChI=1S/C16H19BrN2O/c17-13-4-3-12(11-18)15(9-13)19-14-5-8-20-16(10-14)6-1-2-7-16/h3-4,9,14,19H,1-2,5-8,10H2.